The summed E-state index contributed by atoms with van der Waals surface area (Å²) < 4.78 is 0. The lowest BCUT2D eigenvalue weighted by atomic mass is 9.87. The van der Waals surface area contributed by atoms with Gasteiger partial charge in [0.2, 0.25) is 0 Å². The number of rotatable bonds is 2. The van der Waals surface area contributed by atoms with Crippen molar-refractivity contribution >= 4 is 0 Å². The highest BCUT2D eigenvalue weighted by Crippen LogP contribution is 2.50. The molecule has 1 nitrogen and oxygen atoms in total. The number of hydrogen-bond acceptors (Lipinski definition) is 1. The van der Waals surface area contributed by atoms with Crippen LogP contribution in [0.25, 0.3) is 0 Å². The van der Waals surface area contributed by atoms with Crippen LogP contribution in [-0.2, 0) is 0 Å². The monoisotopic (exact) mass is 163 g/mol. The van der Waals surface area contributed by atoms with Gasteiger partial charge in [0.1, 0.15) is 0 Å². The van der Waals surface area contributed by atoms with E-state index in [0.29, 0.717) is 0 Å². The van der Waals surface area contributed by atoms with E-state index in [4.69, 9.17) is 5.73 Å². The van der Waals surface area contributed by atoms with E-state index in [0.717, 1.165) is 17.8 Å². The maximum absolute atomic E-state index is 6.13. The maximum atomic E-state index is 6.13. The van der Waals surface area contributed by atoms with E-state index in [-0.39, 0.29) is 5.54 Å². The third-order valence-electron chi connectivity index (χ3n) is 3.98. The van der Waals surface area contributed by atoms with Crippen molar-refractivity contribution in [3.05, 3.63) is 12.2 Å². The summed E-state index contributed by atoms with van der Waals surface area (Å²) in [6.07, 6.45) is 11.6. The number of nitrogens with two attached hydrogens (primary N) is 1. The van der Waals surface area contributed by atoms with Gasteiger partial charge in [0.05, 0.1) is 0 Å². The second kappa shape index (κ2) is 2.14. The van der Waals surface area contributed by atoms with Crippen LogP contribution in [0.15, 0.2) is 12.2 Å². The van der Waals surface area contributed by atoms with Crippen molar-refractivity contribution in [1.82, 2.24) is 0 Å². The average molecular weight is 163 g/mol. The van der Waals surface area contributed by atoms with E-state index in [1.807, 2.05) is 0 Å². The van der Waals surface area contributed by atoms with Crippen molar-refractivity contribution in [3.8, 4) is 0 Å². The molecule has 0 saturated heterocycles. The lowest BCUT2D eigenvalue weighted by Crippen LogP contribution is -2.26. The van der Waals surface area contributed by atoms with Crippen LogP contribution in [0.4, 0.5) is 0 Å². The Balaban J connectivity index is 1.68. The Hall–Kier alpha value is -0.300. The van der Waals surface area contributed by atoms with Gasteiger partial charge in [-0.15, -0.1) is 0 Å². The van der Waals surface area contributed by atoms with Crippen molar-refractivity contribution in [2.24, 2.45) is 23.5 Å². The molecule has 0 amide bonds. The lowest BCUT2D eigenvalue weighted by molar-refractivity contribution is 0.369. The van der Waals surface area contributed by atoms with Crippen LogP contribution in [-0.4, -0.2) is 5.54 Å². The van der Waals surface area contributed by atoms with E-state index in [2.05, 4.69) is 12.2 Å². The second-order valence-corrected chi connectivity index (χ2v) is 5.11. The highest BCUT2D eigenvalue weighted by molar-refractivity contribution is 5.12. The Bertz CT molecular complexity index is 227. The minimum atomic E-state index is 0.281. The molecule has 0 spiro atoms. The van der Waals surface area contributed by atoms with Crippen LogP contribution in [0.2, 0.25) is 0 Å². The Morgan fingerprint density at radius 3 is 2.58 bits per heavy atom. The van der Waals surface area contributed by atoms with Gasteiger partial charge >= 0.3 is 0 Å². The molecule has 3 atom stereocenters. The van der Waals surface area contributed by atoms with Gasteiger partial charge in [-0.25, -0.2) is 0 Å². The summed E-state index contributed by atoms with van der Waals surface area (Å²) in [5.41, 5.74) is 6.41. The molecule has 3 unspecified atom stereocenters. The molecule has 2 bridgehead atoms. The Morgan fingerprint density at radius 1 is 1.25 bits per heavy atom. The molecule has 0 aliphatic heterocycles. The minimum Gasteiger partial charge on any atom is -0.325 e. The Kier molecular flexibility index (Phi) is 1.27. The molecule has 0 heterocycles. The summed E-state index contributed by atoms with van der Waals surface area (Å²) in [6, 6.07) is 0. The molecule has 2 saturated carbocycles. The molecule has 2 fully saturated rings. The van der Waals surface area contributed by atoms with Crippen LogP contribution in [0, 0.1) is 17.8 Å². The second-order valence-electron chi connectivity index (χ2n) is 5.11. The van der Waals surface area contributed by atoms with Gasteiger partial charge < -0.3 is 5.73 Å². The van der Waals surface area contributed by atoms with E-state index in [1.165, 1.54) is 32.1 Å². The zero-order valence-electron chi connectivity index (χ0n) is 7.50. The first-order valence-electron chi connectivity index (χ1n) is 5.22. The predicted octanol–water partition coefficient (Wildman–Crippen LogP) is 2.08. The molecule has 1 heteroatoms. The maximum Gasteiger partial charge on any atom is 0.0158 e. The van der Waals surface area contributed by atoms with Crippen molar-refractivity contribution < 1.29 is 0 Å². The molecule has 3 aliphatic rings. The molecule has 0 aromatic heterocycles. The van der Waals surface area contributed by atoms with Crippen LogP contribution < -0.4 is 5.73 Å². The van der Waals surface area contributed by atoms with E-state index in [1.54, 1.807) is 0 Å². The van der Waals surface area contributed by atoms with Crippen LogP contribution in [0.5, 0.6) is 0 Å². The smallest absolute Gasteiger partial charge is 0.0158 e. The van der Waals surface area contributed by atoms with Crippen LogP contribution in [0.3, 0.4) is 0 Å². The summed E-state index contributed by atoms with van der Waals surface area (Å²) in [5, 5.41) is 0. The third kappa shape index (κ3) is 1.03. The predicted molar refractivity (Wildman–Crippen MR) is 49.6 cm³/mol. The fourth-order valence-electron chi connectivity index (χ4n) is 3.02. The molecular formula is C11H17N. The highest BCUT2D eigenvalue weighted by Gasteiger charge is 2.45. The van der Waals surface area contributed by atoms with E-state index < -0.39 is 0 Å². The zero-order chi connectivity index (χ0) is 8.18. The number of fused-ring (bicyclic) bond motifs is 2. The molecule has 12 heavy (non-hydrogen) atoms. The van der Waals surface area contributed by atoms with Gasteiger partial charge in [0.15, 0.2) is 0 Å². The highest BCUT2D eigenvalue weighted by atomic mass is 14.8. The minimum absolute atomic E-state index is 0.281. The fourth-order valence-corrected chi connectivity index (χ4v) is 3.02. The molecule has 2 N–H and O–H groups in total. The third-order valence-corrected chi connectivity index (χ3v) is 3.98. The van der Waals surface area contributed by atoms with Crippen molar-refractivity contribution in [3.63, 3.8) is 0 Å². The molecule has 3 rings (SSSR count). The normalized spacial score (nSPS) is 46.9. The van der Waals surface area contributed by atoms with Crippen molar-refractivity contribution in [2.75, 3.05) is 0 Å². The number of allylic oxidation sites excluding steroid dienone is 2. The van der Waals surface area contributed by atoms with Crippen molar-refractivity contribution in [1.29, 1.82) is 0 Å². The van der Waals surface area contributed by atoms with Gasteiger partial charge in [-0.1, -0.05) is 12.2 Å². The van der Waals surface area contributed by atoms with Gasteiger partial charge in [-0.05, 0) is 49.9 Å². The zero-order valence-corrected chi connectivity index (χ0v) is 7.50. The fraction of sp³-hybridized carbons (Fsp3) is 0.818. The van der Waals surface area contributed by atoms with Crippen molar-refractivity contribution in [2.45, 2.75) is 37.6 Å². The first kappa shape index (κ1) is 7.14. The van der Waals surface area contributed by atoms with Crippen LogP contribution in [0.1, 0.15) is 32.1 Å². The Labute approximate surface area is 74.0 Å². The summed E-state index contributed by atoms with van der Waals surface area (Å²) in [5.74, 6) is 2.76. The average Bonchev–Trinajstić information content (AvgIpc) is 2.48. The summed E-state index contributed by atoms with van der Waals surface area (Å²) >= 11 is 0. The quantitative estimate of drug-likeness (QED) is 0.620. The Morgan fingerprint density at radius 2 is 2.08 bits per heavy atom. The molecule has 3 aliphatic carbocycles. The molecule has 66 valence electrons. The summed E-state index contributed by atoms with van der Waals surface area (Å²) in [6.45, 7) is 0. The van der Waals surface area contributed by atoms with Gasteiger partial charge in [0, 0.05) is 5.54 Å². The molecule has 0 aromatic carbocycles. The molecule has 0 aromatic rings. The summed E-state index contributed by atoms with van der Waals surface area (Å²) in [7, 11) is 0. The van der Waals surface area contributed by atoms with Gasteiger partial charge in [-0.3, -0.25) is 0 Å². The largest absolute Gasteiger partial charge is 0.325 e. The number of hydrogen-bond donors (Lipinski definition) is 1. The molecule has 0 radical (unpaired) electrons. The first-order chi connectivity index (χ1) is 5.75. The van der Waals surface area contributed by atoms with Gasteiger partial charge in [0.25, 0.3) is 0 Å². The van der Waals surface area contributed by atoms with Crippen LogP contribution >= 0.6 is 0 Å². The topological polar surface area (TPSA) is 26.0 Å². The summed E-state index contributed by atoms with van der Waals surface area (Å²) in [4.78, 5) is 0. The first-order valence-corrected chi connectivity index (χ1v) is 5.22. The SMILES string of the molecule is NC1(CC2CC3C=CC2C3)CC1. The lowest BCUT2D eigenvalue weighted by Gasteiger charge is -2.21. The standard InChI is InChI=1S/C11H17N/c12-11(3-4-11)7-10-6-8-1-2-9(10)5-8/h1-2,8-10H,3-7,12H2. The van der Waals surface area contributed by atoms with Gasteiger partial charge in [-0.2, -0.15) is 0 Å². The van der Waals surface area contributed by atoms with E-state index >= 15 is 0 Å². The molecular weight excluding hydrogens is 146 g/mol. The van der Waals surface area contributed by atoms with E-state index in [9.17, 15) is 0 Å².